The highest BCUT2D eigenvalue weighted by Crippen LogP contribution is 2.72. The van der Waals surface area contributed by atoms with Crippen LogP contribution in [0.25, 0.3) is 0 Å². The summed E-state index contributed by atoms with van der Waals surface area (Å²) in [7, 11) is 0. The number of rotatable bonds is 8. The molecule has 17 fully saturated rings. The Morgan fingerprint density at radius 2 is 0.558 bits per heavy atom. The molecule has 0 aromatic rings. The summed E-state index contributed by atoms with van der Waals surface area (Å²) in [5, 5.41) is 0. The smallest absolute Gasteiger partial charge is 0.156 e. The van der Waals surface area contributed by atoms with Crippen molar-refractivity contribution in [2.45, 2.75) is 424 Å². The minimum atomic E-state index is 0.345. The van der Waals surface area contributed by atoms with Crippen LogP contribution in [-0.2, 0) is 0 Å². The van der Waals surface area contributed by atoms with Crippen LogP contribution in [0.5, 0.6) is 0 Å². The lowest BCUT2D eigenvalue weighted by Gasteiger charge is -2.73. The van der Waals surface area contributed by atoms with E-state index in [9.17, 15) is 0 Å². The maximum Gasteiger partial charge on any atom is 0.156 e. The molecule has 0 bridgehead atoms. The van der Waals surface area contributed by atoms with Crippen molar-refractivity contribution in [3.05, 3.63) is 0 Å². The first-order chi connectivity index (χ1) is 46.0. The molecule has 23 unspecified atom stereocenters. The average molecular weight is 1300 g/mol. The second kappa shape index (κ2) is 27.8. The Kier molecular flexibility index (Phi) is 19.9. The predicted octanol–water partition coefficient (Wildman–Crippen LogP) is 25.7. The van der Waals surface area contributed by atoms with Gasteiger partial charge in [-0.3, -0.25) is 9.80 Å². The molecule has 2 aliphatic heterocycles. The van der Waals surface area contributed by atoms with Gasteiger partial charge < -0.3 is 0 Å². The van der Waals surface area contributed by atoms with E-state index in [-0.39, 0.29) is 0 Å². The zero-order valence-corrected chi connectivity index (χ0v) is 64.4. The van der Waals surface area contributed by atoms with Crippen molar-refractivity contribution in [3.8, 4) is 0 Å². The van der Waals surface area contributed by atoms with E-state index in [0.717, 1.165) is 197 Å². The average Bonchev–Trinajstić information content (AvgIpc) is 0.690. The molecule has 17 rings (SSSR count). The highest BCUT2D eigenvalue weighted by atomic mass is 15.3. The van der Waals surface area contributed by atoms with Crippen molar-refractivity contribution in [3.63, 3.8) is 0 Å². The summed E-state index contributed by atoms with van der Waals surface area (Å²) in [6.45, 7) is 26.0. The molecule has 0 spiro atoms. The van der Waals surface area contributed by atoms with Crippen molar-refractivity contribution in [2.24, 2.45) is 152 Å². The molecule has 2 heterocycles. The maximum atomic E-state index is 3.95. The number of fused-ring (bicyclic) bond motifs is 6. The molecule has 17 aliphatic rings. The minimum absolute atomic E-state index is 0.345. The van der Waals surface area contributed by atoms with E-state index in [1.54, 1.807) is 225 Å². The molecule has 15 saturated carbocycles. The van der Waals surface area contributed by atoms with Gasteiger partial charge in [-0.05, 0) is 266 Å². The zero-order chi connectivity index (χ0) is 64.6. The molecule has 2 nitrogen and oxygen atoms in total. The Morgan fingerprint density at radius 1 is 0.221 bits per heavy atom. The Balaban J connectivity index is 0.854. The summed E-state index contributed by atoms with van der Waals surface area (Å²) < 4.78 is 0. The van der Waals surface area contributed by atoms with Gasteiger partial charge in [0.25, 0.3) is 0 Å². The first kappa shape index (κ1) is 68.1. The summed E-state index contributed by atoms with van der Waals surface area (Å²) in [4.78, 5) is 7.87. The Morgan fingerprint density at radius 3 is 0.979 bits per heavy atom. The summed E-state index contributed by atoms with van der Waals surface area (Å²) in [6, 6.07) is 5.00. The molecule has 23 atom stereocenters. The lowest BCUT2D eigenvalue weighted by atomic mass is 9.17. The van der Waals surface area contributed by atoms with Crippen LogP contribution in [0.4, 0.5) is 0 Å². The van der Waals surface area contributed by atoms with E-state index in [0.29, 0.717) is 16.2 Å². The second-order valence-corrected chi connectivity index (χ2v) is 44.3. The Labute approximate surface area is 589 Å². The van der Waals surface area contributed by atoms with E-state index in [4.69, 9.17) is 0 Å². The highest BCUT2D eigenvalue weighted by molar-refractivity contribution is 6.65. The van der Waals surface area contributed by atoms with Crippen molar-refractivity contribution in [2.75, 3.05) is 0 Å². The molecule has 0 N–H and O–H groups in total. The van der Waals surface area contributed by atoms with Crippen LogP contribution >= 0.6 is 0 Å². The van der Waals surface area contributed by atoms with Crippen LogP contribution in [0.3, 0.4) is 0 Å². The van der Waals surface area contributed by atoms with E-state index >= 15 is 0 Å². The van der Waals surface area contributed by atoms with Gasteiger partial charge in [0.1, 0.15) is 0 Å². The summed E-state index contributed by atoms with van der Waals surface area (Å²) in [6.07, 6.45) is 75.8. The topological polar surface area (TPSA) is 6.48 Å². The van der Waals surface area contributed by atoms with Crippen molar-refractivity contribution in [1.82, 2.24) is 9.80 Å². The fourth-order valence-corrected chi connectivity index (χ4v) is 33.9. The molecular formula is C92H155BN2. The fourth-order valence-electron chi connectivity index (χ4n) is 33.9. The van der Waals surface area contributed by atoms with Gasteiger partial charge in [0, 0.05) is 36.3 Å². The van der Waals surface area contributed by atoms with Crippen LogP contribution in [0.1, 0.15) is 371 Å². The van der Waals surface area contributed by atoms with Gasteiger partial charge in [-0.2, -0.15) is 0 Å². The first-order valence-electron chi connectivity index (χ1n) is 45.6. The van der Waals surface area contributed by atoms with E-state index in [2.05, 4.69) is 72.1 Å². The SMILES string of the molecule is CC(C)(C)C1CC(C2CCCCC2)C(N2C3CCC(C4CCCCC4)CC3B3C4CC(C5CCC6CCCC7C8CCCC9CCCC(C98)C5C67)CCC4N(C4C(C5CCCCC5)CC(C(C)(C)C)CC4C4CCCCC4)C4CC(C(C)(C)C)CC2C34)C(C2CCCCC2)C1. The Bertz CT molecular complexity index is 2430. The fraction of sp³-hybridized carbons (Fsp3) is 1.00. The van der Waals surface area contributed by atoms with Gasteiger partial charge in [0.05, 0.1) is 0 Å². The lowest BCUT2D eigenvalue weighted by molar-refractivity contribution is -0.169. The number of nitrogens with zero attached hydrogens (tertiary/aromatic N) is 2. The van der Waals surface area contributed by atoms with Crippen molar-refractivity contribution < 1.29 is 0 Å². The van der Waals surface area contributed by atoms with E-state index in [1.807, 2.05) is 0 Å². The molecular weight excluding hydrogens is 1140 g/mol. The highest BCUT2D eigenvalue weighted by Gasteiger charge is 2.70. The third kappa shape index (κ3) is 12.6. The quantitative estimate of drug-likeness (QED) is 0.224. The second-order valence-electron chi connectivity index (χ2n) is 44.3. The molecule has 95 heavy (non-hydrogen) atoms. The van der Waals surface area contributed by atoms with Crippen LogP contribution in [0.2, 0.25) is 17.5 Å². The molecule has 3 heteroatoms. The molecule has 15 aliphatic carbocycles. The van der Waals surface area contributed by atoms with Crippen LogP contribution < -0.4 is 0 Å². The molecule has 0 radical (unpaired) electrons. The van der Waals surface area contributed by atoms with Gasteiger partial charge in [0.2, 0.25) is 0 Å². The molecule has 2 saturated heterocycles. The normalized spacial score (nSPS) is 49.0. The monoisotopic (exact) mass is 1300 g/mol. The molecule has 0 amide bonds. The molecule has 536 valence electrons. The van der Waals surface area contributed by atoms with E-state index in [1.165, 1.54) is 83.5 Å². The zero-order valence-electron chi connectivity index (χ0n) is 64.4. The minimum Gasteiger partial charge on any atom is -0.295 e. The maximum absolute atomic E-state index is 3.95. The van der Waals surface area contributed by atoms with Crippen LogP contribution in [-0.4, -0.2) is 52.8 Å². The largest absolute Gasteiger partial charge is 0.295 e. The lowest BCUT2D eigenvalue weighted by Crippen LogP contribution is -2.77. The van der Waals surface area contributed by atoms with Crippen LogP contribution in [0.15, 0.2) is 0 Å². The summed E-state index contributed by atoms with van der Waals surface area (Å²) >= 11 is 0. The van der Waals surface area contributed by atoms with Gasteiger partial charge in [0.15, 0.2) is 6.71 Å². The number of hydrogen-bond donors (Lipinski definition) is 0. The van der Waals surface area contributed by atoms with Gasteiger partial charge in [-0.1, -0.05) is 274 Å². The standard InChI is InChI=1S/C92H155BN2/c1-90(2,3)67-52-74(59-30-17-11-18-31-59)88(75(53-67)60-32-19-12-20-33-60)94-80-48-45-65(58-28-15-10-16-29-58)50-78(80)93-79-51-66(70-47-44-64-40-26-42-72-71-41-25-38-63-39-27-43-73(84(63)71)86(70)85(64)72)46-49-81(79)95(83-57-69(92(7,8)9)56-82(94)87(83)93)89-76(61-34-21-13-22-35-61)54-68(91(4,5)6)55-77(89)62-36-23-14-24-37-62/h58-89H,10-57H2,1-9H3. The third-order valence-electron chi connectivity index (χ3n) is 37.8. The van der Waals surface area contributed by atoms with Crippen LogP contribution in [0, 0.1) is 152 Å². The third-order valence-corrected chi connectivity index (χ3v) is 37.8. The summed E-state index contributed by atoms with van der Waals surface area (Å²) in [5.41, 5.74) is 1.16. The number of hydrogen-bond acceptors (Lipinski definition) is 2. The first-order valence-corrected chi connectivity index (χ1v) is 45.6. The van der Waals surface area contributed by atoms with E-state index < -0.39 is 0 Å². The van der Waals surface area contributed by atoms with Gasteiger partial charge in [-0.15, -0.1) is 0 Å². The Hall–Kier alpha value is -0.0151. The molecule has 0 aromatic heterocycles. The van der Waals surface area contributed by atoms with Crippen molar-refractivity contribution in [1.29, 1.82) is 0 Å². The van der Waals surface area contributed by atoms with Crippen molar-refractivity contribution >= 4 is 6.71 Å². The predicted molar refractivity (Wildman–Crippen MR) is 404 cm³/mol. The van der Waals surface area contributed by atoms with Gasteiger partial charge in [-0.25, -0.2) is 0 Å². The summed E-state index contributed by atoms with van der Waals surface area (Å²) in [5.74, 6) is 25.9. The molecule has 0 aromatic carbocycles. The van der Waals surface area contributed by atoms with Gasteiger partial charge >= 0.3 is 0 Å².